The molecule has 90 valence electrons. The fraction of sp³-hybridized carbons (Fsp3) is 0.250. The lowest BCUT2D eigenvalue weighted by Gasteiger charge is -2.00. The van der Waals surface area contributed by atoms with Crippen LogP contribution in [0, 0.1) is 5.82 Å². The van der Waals surface area contributed by atoms with E-state index < -0.39 is 0 Å². The van der Waals surface area contributed by atoms with E-state index in [1.165, 1.54) is 6.07 Å². The normalized spacial score (nSPS) is 10.5. The Labute approximate surface area is 108 Å². The van der Waals surface area contributed by atoms with Crippen LogP contribution in [0.25, 0.3) is 11.3 Å². The van der Waals surface area contributed by atoms with Crippen molar-refractivity contribution in [1.29, 1.82) is 0 Å². The molecule has 0 aliphatic heterocycles. The summed E-state index contributed by atoms with van der Waals surface area (Å²) in [6, 6.07) is 6.77. The molecule has 5 heteroatoms. The summed E-state index contributed by atoms with van der Waals surface area (Å²) in [5.74, 6) is 0.467. The monoisotopic (exact) mass is 297 g/mol. The summed E-state index contributed by atoms with van der Waals surface area (Å²) in [5, 5.41) is 10.0. The van der Waals surface area contributed by atoms with E-state index in [4.69, 9.17) is 0 Å². The number of halogens is 2. The lowest BCUT2D eigenvalue weighted by atomic mass is 10.1. The van der Waals surface area contributed by atoms with Gasteiger partial charge in [0.05, 0.1) is 5.69 Å². The zero-order chi connectivity index (χ0) is 12.3. The summed E-state index contributed by atoms with van der Waals surface area (Å²) < 4.78 is 14.4. The third kappa shape index (κ3) is 2.85. The molecule has 0 saturated heterocycles. The number of nitrogens with one attached hydrogen (secondary N) is 2. The first-order valence-corrected chi connectivity index (χ1v) is 6.24. The number of hydrogen-bond acceptors (Lipinski definition) is 2. The van der Waals surface area contributed by atoms with E-state index in [0.717, 1.165) is 23.3 Å². The summed E-state index contributed by atoms with van der Waals surface area (Å²) in [4.78, 5) is 0. The minimum atomic E-state index is -0.273. The first kappa shape index (κ1) is 12.1. The number of benzene rings is 1. The Hall–Kier alpha value is -1.36. The predicted octanol–water partition coefficient (Wildman–Crippen LogP) is 3.80. The van der Waals surface area contributed by atoms with E-state index in [1.54, 1.807) is 12.1 Å². The SMILES string of the molecule is CCCNc1cc(-c2ccc(Br)cc2F)[nH]n1. The van der Waals surface area contributed by atoms with Gasteiger partial charge in [-0.15, -0.1) is 0 Å². The molecule has 0 aliphatic carbocycles. The van der Waals surface area contributed by atoms with Crippen molar-refractivity contribution in [2.75, 3.05) is 11.9 Å². The van der Waals surface area contributed by atoms with Gasteiger partial charge in [0.1, 0.15) is 11.6 Å². The lowest BCUT2D eigenvalue weighted by Crippen LogP contribution is -1.99. The van der Waals surface area contributed by atoms with Crippen molar-refractivity contribution in [3.05, 3.63) is 34.6 Å². The molecule has 0 fully saturated rings. The number of aromatic amines is 1. The summed E-state index contributed by atoms with van der Waals surface area (Å²) in [6.45, 7) is 2.93. The summed E-state index contributed by atoms with van der Waals surface area (Å²) in [7, 11) is 0. The smallest absolute Gasteiger partial charge is 0.148 e. The van der Waals surface area contributed by atoms with Crippen LogP contribution in [0.15, 0.2) is 28.7 Å². The van der Waals surface area contributed by atoms with Crippen LogP contribution in [-0.4, -0.2) is 16.7 Å². The third-order valence-electron chi connectivity index (χ3n) is 2.36. The lowest BCUT2D eigenvalue weighted by molar-refractivity contribution is 0.630. The first-order chi connectivity index (χ1) is 8.20. The zero-order valence-corrected chi connectivity index (χ0v) is 11.0. The number of anilines is 1. The van der Waals surface area contributed by atoms with Gasteiger partial charge in [-0.25, -0.2) is 4.39 Å². The maximum Gasteiger partial charge on any atom is 0.148 e. The highest BCUT2D eigenvalue weighted by Gasteiger charge is 2.08. The predicted molar refractivity (Wildman–Crippen MR) is 70.5 cm³/mol. The fourth-order valence-corrected chi connectivity index (χ4v) is 1.84. The molecule has 0 atom stereocenters. The number of hydrogen-bond donors (Lipinski definition) is 2. The molecule has 3 nitrogen and oxygen atoms in total. The molecule has 17 heavy (non-hydrogen) atoms. The molecule has 0 spiro atoms. The highest BCUT2D eigenvalue weighted by Crippen LogP contribution is 2.25. The van der Waals surface area contributed by atoms with Crippen molar-refractivity contribution in [1.82, 2.24) is 10.2 Å². The van der Waals surface area contributed by atoms with Gasteiger partial charge in [0, 0.05) is 22.6 Å². The average Bonchev–Trinajstić information content (AvgIpc) is 2.75. The molecule has 0 bridgehead atoms. The van der Waals surface area contributed by atoms with Crippen LogP contribution < -0.4 is 5.32 Å². The van der Waals surface area contributed by atoms with E-state index >= 15 is 0 Å². The minimum absolute atomic E-state index is 0.273. The van der Waals surface area contributed by atoms with Gasteiger partial charge in [0.15, 0.2) is 0 Å². The molecule has 0 saturated carbocycles. The summed E-state index contributed by atoms with van der Waals surface area (Å²) in [6.07, 6.45) is 1.02. The highest BCUT2D eigenvalue weighted by atomic mass is 79.9. The maximum absolute atomic E-state index is 13.7. The fourth-order valence-electron chi connectivity index (χ4n) is 1.51. The molecule has 0 unspecified atom stereocenters. The Morgan fingerprint density at radius 2 is 2.24 bits per heavy atom. The molecule has 0 radical (unpaired) electrons. The third-order valence-corrected chi connectivity index (χ3v) is 2.85. The number of nitrogens with zero attached hydrogens (tertiary/aromatic N) is 1. The quantitative estimate of drug-likeness (QED) is 0.901. The van der Waals surface area contributed by atoms with Crippen molar-refractivity contribution in [3.63, 3.8) is 0 Å². The molecule has 2 aromatic rings. The second kappa shape index (κ2) is 5.31. The van der Waals surface area contributed by atoms with E-state index in [-0.39, 0.29) is 5.82 Å². The molecular weight excluding hydrogens is 285 g/mol. The van der Waals surface area contributed by atoms with Crippen LogP contribution in [0.5, 0.6) is 0 Å². The Morgan fingerprint density at radius 1 is 1.41 bits per heavy atom. The van der Waals surface area contributed by atoms with Crippen LogP contribution in [0.3, 0.4) is 0 Å². The topological polar surface area (TPSA) is 40.7 Å². The van der Waals surface area contributed by atoms with Crippen LogP contribution in [-0.2, 0) is 0 Å². The number of rotatable bonds is 4. The molecule has 0 aliphatic rings. The second-order valence-corrected chi connectivity index (χ2v) is 4.63. The van der Waals surface area contributed by atoms with Gasteiger partial charge in [0.25, 0.3) is 0 Å². The van der Waals surface area contributed by atoms with Crippen molar-refractivity contribution in [2.45, 2.75) is 13.3 Å². The molecule has 1 aromatic heterocycles. The van der Waals surface area contributed by atoms with Crippen molar-refractivity contribution in [3.8, 4) is 11.3 Å². The van der Waals surface area contributed by atoms with Crippen LogP contribution in [0.4, 0.5) is 10.2 Å². The van der Waals surface area contributed by atoms with E-state index in [9.17, 15) is 4.39 Å². The molecule has 0 amide bonds. The van der Waals surface area contributed by atoms with Gasteiger partial charge < -0.3 is 5.32 Å². The van der Waals surface area contributed by atoms with Gasteiger partial charge in [-0.2, -0.15) is 5.10 Å². The van der Waals surface area contributed by atoms with E-state index in [1.807, 2.05) is 6.07 Å². The standard InChI is InChI=1S/C12H13BrFN3/c1-2-5-15-12-7-11(16-17-12)9-4-3-8(13)6-10(9)14/h3-4,6-7H,2,5H2,1H3,(H2,15,16,17). The summed E-state index contributed by atoms with van der Waals surface area (Å²) >= 11 is 3.23. The van der Waals surface area contributed by atoms with E-state index in [0.29, 0.717) is 11.3 Å². The van der Waals surface area contributed by atoms with Gasteiger partial charge in [0.2, 0.25) is 0 Å². The Morgan fingerprint density at radius 3 is 2.94 bits per heavy atom. The zero-order valence-electron chi connectivity index (χ0n) is 9.43. The van der Waals surface area contributed by atoms with Crippen molar-refractivity contribution in [2.24, 2.45) is 0 Å². The van der Waals surface area contributed by atoms with Gasteiger partial charge >= 0.3 is 0 Å². The largest absolute Gasteiger partial charge is 0.369 e. The van der Waals surface area contributed by atoms with Crippen molar-refractivity contribution < 1.29 is 4.39 Å². The van der Waals surface area contributed by atoms with Crippen LogP contribution in [0.1, 0.15) is 13.3 Å². The average molecular weight is 298 g/mol. The molecular formula is C12H13BrFN3. The maximum atomic E-state index is 13.7. The Bertz CT molecular complexity index is 510. The van der Waals surface area contributed by atoms with Gasteiger partial charge in [-0.1, -0.05) is 22.9 Å². The minimum Gasteiger partial charge on any atom is -0.369 e. The molecule has 2 N–H and O–H groups in total. The Balaban J connectivity index is 2.24. The Kier molecular flexibility index (Phi) is 3.78. The summed E-state index contributed by atoms with van der Waals surface area (Å²) in [5.41, 5.74) is 1.19. The molecule has 1 aromatic carbocycles. The second-order valence-electron chi connectivity index (χ2n) is 3.72. The molecule has 2 rings (SSSR count). The van der Waals surface area contributed by atoms with Gasteiger partial charge in [-0.05, 0) is 24.6 Å². The van der Waals surface area contributed by atoms with Crippen LogP contribution in [0.2, 0.25) is 0 Å². The number of H-pyrrole nitrogens is 1. The number of aromatic nitrogens is 2. The van der Waals surface area contributed by atoms with Crippen LogP contribution >= 0.6 is 15.9 Å². The first-order valence-electron chi connectivity index (χ1n) is 5.45. The van der Waals surface area contributed by atoms with E-state index in [2.05, 4.69) is 38.4 Å². The molecule has 1 heterocycles. The van der Waals surface area contributed by atoms with Gasteiger partial charge in [-0.3, -0.25) is 5.10 Å². The highest BCUT2D eigenvalue weighted by molar-refractivity contribution is 9.10. The van der Waals surface area contributed by atoms with Crippen molar-refractivity contribution >= 4 is 21.7 Å².